The number of fused-ring (bicyclic) bond motifs is 1. The molecule has 0 spiro atoms. The molecule has 0 amide bonds. The van der Waals surface area contributed by atoms with Crippen molar-refractivity contribution in [3.05, 3.63) is 33.1 Å². The number of halogens is 3. The first-order valence-corrected chi connectivity index (χ1v) is 5.61. The maximum absolute atomic E-state index is 10.9. The van der Waals surface area contributed by atoms with Crippen LogP contribution < -0.4 is 0 Å². The highest BCUT2D eigenvalue weighted by Gasteiger charge is 2.09. The third-order valence-corrected chi connectivity index (χ3v) is 3.89. The predicted molar refractivity (Wildman–Crippen MR) is 62.0 cm³/mol. The van der Waals surface area contributed by atoms with Gasteiger partial charge < -0.3 is 0 Å². The van der Waals surface area contributed by atoms with Crippen molar-refractivity contribution in [2.75, 3.05) is 0 Å². The molecule has 0 saturated heterocycles. The second-order valence-electron chi connectivity index (χ2n) is 2.69. The van der Waals surface area contributed by atoms with Crippen molar-refractivity contribution in [2.45, 2.75) is 0 Å². The lowest BCUT2D eigenvalue weighted by Gasteiger charge is -1.93. The predicted octanol–water partition coefficient (Wildman–Crippen LogP) is 4.59. The van der Waals surface area contributed by atoms with Crippen LogP contribution in [0.4, 0.5) is 0 Å². The Morgan fingerprint density at radius 3 is 2.43 bits per heavy atom. The normalized spacial score (nSPS) is 10.8. The van der Waals surface area contributed by atoms with Gasteiger partial charge in [0, 0.05) is 4.70 Å². The van der Waals surface area contributed by atoms with Gasteiger partial charge in [0.15, 0.2) is 0 Å². The molecule has 5 heteroatoms. The fourth-order valence-electron chi connectivity index (χ4n) is 1.13. The average Bonchev–Trinajstić information content (AvgIpc) is 2.48. The van der Waals surface area contributed by atoms with E-state index in [0.717, 1.165) is 10.1 Å². The van der Waals surface area contributed by atoms with Crippen LogP contribution in [-0.4, -0.2) is 5.24 Å². The Kier molecular flexibility index (Phi) is 2.71. The molecule has 0 saturated carbocycles. The summed E-state index contributed by atoms with van der Waals surface area (Å²) in [5, 5.41) is 1.38. The van der Waals surface area contributed by atoms with E-state index in [4.69, 9.17) is 34.8 Å². The number of carbonyl (C=O) groups excluding carboxylic acids is 1. The number of carbonyl (C=O) groups is 1. The first-order valence-electron chi connectivity index (χ1n) is 3.66. The van der Waals surface area contributed by atoms with E-state index in [1.54, 1.807) is 18.2 Å². The maximum atomic E-state index is 10.9. The van der Waals surface area contributed by atoms with Gasteiger partial charge in [-0.25, -0.2) is 0 Å². The van der Waals surface area contributed by atoms with Gasteiger partial charge in [-0.1, -0.05) is 23.2 Å². The van der Waals surface area contributed by atoms with Crippen LogP contribution in [0.1, 0.15) is 9.67 Å². The molecule has 0 radical (unpaired) electrons. The van der Waals surface area contributed by atoms with Crippen LogP contribution >= 0.6 is 46.1 Å². The monoisotopic (exact) mass is 264 g/mol. The van der Waals surface area contributed by atoms with Gasteiger partial charge in [0.2, 0.25) is 0 Å². The van der Waals surface area contributed by atoms with Gasteiger partial charge in [-0.05, 0) is 35.2 Å². The van der Waals surface area contributed by atoms with Gasteiger partial charge in [0.1, 0.15) is 0 Å². The quantitative estimate of drug-likeness (QED) is 0.689. The van der Waals surface area contributed by atoms with Crippen LogP contribution in [0.5, 0.6) is 0 Å². The van der Waals surface area contributed by atoms with Crippen LogP contribution in [0.3, 0.4) is 0 Å². The minimum atomic E-state index is -0.460. The van der Waals surface area contributed by atoms with Crippen LogP contribution in [0.2, 0.25) is 10.0 Å². The van der Waals surface area contributed by atoms with Gasteiger partial charge in [0.05, 0.1) is 14.9 Å². The Bertz CT molecular complexity index is 479. The molecule has 1 heterocycles. The largest absolute Gasteiger partial charge is 0.275 e. The summed E-state index contributed by atoms with van der Waals surface area (Å²) in [6, 6.07) is 5.16. The third kappa shape index (κ3) is 1.75. The number of thiophene rings is 1. The van der Waals surface area contributed by atoms with Crippen molar-refractivity contribution in [1.29, 1.82) is 0 Å². The van der Waals surface area contributed by atoms with E-state index in [9.17, 15) is 4.79 Å². The van der Waals surface area contributed by atoms with E-state index in [-0.39, 0.29) is 0 Å². The molecular weight excluding hydrogens is 263 g/mol. The molecule has 0 unspecified atom stereocenters. The average molecular weight is 266 g/mol. The maximum Gasteiger partial charge on any atom is 0.262 e. The Balaban J connectivity index is 2.72. The molecule has 0 fully saturated rings. The van der Waals surface area contributed by atoms with E-state index in [1.165, 1.54) is 11.3 Å². The summed E-state index contributed by atoms with van der Waals surface area (Å²) in [5.41, 5.74) is 0. The van der Waals surface area contributed by atoms with E-state index in [1.807, 2.05) is 0 Å². The number of rotatable bonds is 1. The smallest absolute Gasteiger partial charge is 0.262 e. The third-order valence-electron chi connectivity index (χ3n) is 1.75. The molecule has 0 aliphatic heterocycles. The molecule has 1 nitrogen and oxygen atoms in total. The Morgan fingerprint density at radius 2 is 1.79 bits per heavy atom. The highest BCUT2D eigenvalue weighted by atomic mass is 35.5. The molecule has 0 atom stereocenters. The summed E-state index contributed by atoms with van der Waals surface area (Å²) in [5.74, 6) is 0. The van der Waals surface area contributed by atoms with Crippen molar-refractivity contribution >= 4 is 61.5 Å². The molecule has 1 aromatic carbocycles. The minimum Gasteiger partial charge on any atom is -0.275 e. The second kappa shape index (κ2) is 3.70. The summed E-state index contributed by atoms with van der Waals surface area (Å²) in [7, 11) is 0. The van der Waals surface area contributed by atoms with Crippen LogP contribution in [-0.2, 0) is 0 Å². The Morgan fingerprint density at radius 1 is 1.14 bits per heavy atom. The number of hydrogen-bond acceptors (Lipinski definition) is 2. The number of hydrogen-bond donors (Lipinski definition) is 0. The molecule has 14 heavy (non-hydrogen) atoms. The summed E-state index contributed by atoms with van der Waals surface area (Å²) in [6.07, 6.45) is 0. The van der Waals surface area contributed by atoms with Gasteiger partial charge in [-0.2, -0.15) is 0 Å². The van der Waals surface area contributed by atoms with E-state index < -0.39 is 5.24 Å². The molecular formula is C9H3Cl3OS. The fraction of sp³-hybridized carbons (Fsp3) is 0. The molecule has 2 aromatic rings. The summed E-state index contributed by atoms with van der Waals surface area (Å²) >= 11 is 18.3. The Labute approximate surface area is 99.2 Å². The zero-order valence-electron chi connectivity index (χ0n) is 6.68. The lowest BCUT2D eigenvalue weighted by atomic mass is 10.2. The molecule has 2 rings (SSSR count). The van der Waals surface area contributed by atoms with Gasteiger partial charge in [0.25, 0.3) is 5.24 Å². The van der Waals surface area contributed by atoms with Crippen molar-refractivity contribution in [3.63, 3.8) is 0 Å². The van der Waals surface area contributed by atoms with Crippen molar-refractivity contribution in [3.8, 4) is 0 Å². The van der Waals surface area contributed by atoms with Gasteiger partial charge in [-0.15, -0.1) is 11.3 Å². The summed E-state index contributed by atoms with van der Waals surface area (Å²) in [4.78, 5) is 11.4. The molecule has 0 N–H and O–H groups in total. The molecule has 1 aromatic heterocycles. The van der Waals surface area contributed by atoms with Gasteiger partial charge in [-0.3, -0.25) is 4.79 Å². The van der Waals surface area contributed by atoms with Crippen LogP contribution in [0, 0.1) is 0 Å². The highest BCUT2D eigenvalue weighted by Crippen LogP contribution is 2.33. The Hall–Kier alpha value is -0.280. The second-order valence-corrected chi connectivity index (χ2v) is 4.93. The van der Waals surface area contributed by atoms with Crippen molar-refractivity contribution < 1.29 is 4.79 Å². The first-order chi connectivity index (χ1) is 6.58. The van der Waals surface area contributed by atoms with Crippen molar-refractivity contribution in [1.82, 2.24) is 0 Å². The minimum absolute atomic E-state index is 0.460. The highest BCUT2D eigenvalue weighted by molar-refractivity contribution is 7.22. The summed E-state index contributed by atoms with van der Waals surface area (Å²) in [6.45, 7) is 0. The topological polar surface area (TPSA) is 17.1 Å². The lowest BCUT2D eigenvalue weighted by molar-refractivity contribution is 0.108. The zero-order chi connectivity index (χ0) is 10.3. The molecule has 72 valence electrons. The fourth-order valence-corrected chi connectivity index (χ4v) is 2.62. The zero-order valence-corrected chi connectivity index (χ0v) is 9.77. The lowest BCUT2D eigenvalue weighted by Crippen LogP contribution is -1.78. The summed E-state index contributed by atoms with van der Waals surface area (Å²) < 4.78 is 0.906. The SMILES string of the molecule is O=C(Cl)c1cc2cc(Cl)c(Cl)cc2s1. The van der Waals surface area contributed by atoms with Crippen molar-refractivity contribution in [2.24, 2.45) is 0 Å². The molecule has 0 aliphatic rings. The van der Waals surface area contributed by atoms with E-state index in [2.05, 4.69) is 0 Å². The van der Waals surface area contributed by atoms with Crippen LogP contribution in [0.25, 0.3) is 10.1 Å². The molecule has 0 aliphatic carbocycles. The molecule has 0 bridgehead atoms. The standard InChI is InChI=1S/C9H3Cl3OS/c10-5-1-4-2-8(9(12)13)14-7(4)3-6(5)11/h1-3H. The number of benzene rings is 1. The van der Waals surface area contributed by atoms with E-state index >= 15 is 0 Å². The van der Waals surface area contributed by atoms with Gasteiger partial charge >= 0.3 is 0 Å². The first kappa shape index (κ1) is 10.2. The van der Waals surface area contributed by atoms with E-state index in [0.29, 0.717) is 14.9 Å². The van der Waals surface area contributed by atoms with Crippen LogP contribution in [0.15, 0.2) is 18.2 Å².